The predicted octanol–water partition coefficient (Wildman–Crippen LogP) is 2.10. The molecule has 0 aliphatic carbocycles. The van der Waals surface area contributed by atoms with Gasteiger partial charge >= 0.3 is 0 Å². The summed E-state index contributed by atoms with van der Waals surface area (Å²) in [6, 6.07) is 8.52. The molecule has 2 aromatic heterocycles. The molecule has 0 saturated heterocycles. The summed E-state index contributed by atoms with van der Waals surface area (Å²) in [6.45, 7) is 1.54. The van der Waals surface area contributed by atoms with Crippen LogP contribution >= 0.6 is 0 Å². The summed E-state index contributed by atoms with van der Waals surface area (Å²) in [6.07, 6.45) is 3.36. The van der Waals surface area contributed by atoms with Crippen LogP contribution in [0.5, 0.6) is 0 Å². The number of benzene rings is 1. The number of rotatable bonds is 4. The molecule has 6 heteroatoms. The summed E-state index contributed by atoms with van der Waals surface area (Å²) in [5.74, 6) is 0.547. The monoisotopic (exact) mass is 271 g/mol. The van der Waals surface area contributed by atoms with Crippen molar-refractivity contribution in [3.63, 3.8) is 0 Å². The fourth-order valence-corrected chi connectivity index (χ4v) is 2.01. The van der Waals surface area contributed by atoms with Gasteiger partial charge in [-0.05, 0) is 24.3 Å². The van der Waals surface area contributed by atoms with Gasteiger partial charge in [-0.1, -0.05) is 0 Å². The van der Waals surface area contributed by atoms with Crippen molar-refractivity contribution in [3.05, 3.63) is 48.8 Å². The Bertz CT molecular complexity index is 711. The molecule has 0 unspecified atom stereocenters. The molecular formula is C14H14FN5. The molecule has 0 aliphatic heterocycles. The van der Waals surface area contributed by atoms with E-state index >= 15 is 0 Å². The second-order valence-corrected chi connectivity index (χ2v) is 4.63. The number of aromatic nitrogens is 4. The first kappa shape index (κ1) is 12.5. The minimum absolute atomic E-state index is 0.269. The average molecular weight is 271 g/mol. The van der Waals surface area contributed by atoms with Crippen molar-refractivity contribution in [2.45, 2.75) is 6.54 Å². The molecule has 0 fully saturated rings. The van der Waals surface area contributed by atoms with Crippen molar-refractivity contribution in [2.75, 3.05) is 18.5 Å². The summed E-state index contributed by atoms with van der Waals surface area (Å²) < 4.78 is 15.1. The number of halogens is 1. The summed E-state index contributed by atoms with van der Waals surface area (Å²) in [4.78, 5) is 6.50. The van der Waals surface area contributed by atoms with Gasteiger partial charge in [-0.2, -0.15) is 0 Å². The van der Waals surface area contributed by atoms with E-state index in [1.807, 2.05) is 28.6 Å². The van der Waals surface area contributed by atoms with Crippen LogP contribution in [0.25, 0.3) is 10.9 Å². The molecule has 0 aliphatic rings. The molecule has 0 bridgehead atoms. The Labute approximate surface area is 115 Å². The van der Waals surface area contributed by atoms with Gasteiger partial charge in [-0.15, -0.1) is 10.2 Å². The largest absolute Gasteiger partial charge is 0.358 e. The fraction of sp³-hybridized carbons (Fsp3) is 0.214. The Balaban J connectivity index is 1.78. The molecule has 3 aromatic rings. The Morgan fingerprint density at radius 1 is 1.15 bits per heavy atom. The second-order valence-electron chi connectivity index (χ2n) is 4.63. The number of nitrogens with zero attached hydrogens (tertiary/aromatic N) is 5. The average Bonchev–Trinajstić information content (AvgIpc) is 2.97. The number of fused-ring (bicyclic) bond motifs is 1. The smallest absolute Gasteiger partial charge is 0.129 e. The van der Waals surface area contributed by atoms with Crippen LogP contribution in [0.3, 0.4) is 0 Å². The molecule has 3 rings (SSSR count). The summed E-state index contributed by atoms with van der Waals surface area (Å²) in [5.41, 5.74) is 0.665. The SMILES string of the molecule is CN(CCn1cnnc1)c1ccc2ccc(F)cc2n1. The minimum Gasteiger partial charge on any atom is -0.358 e. The van der Waals surface area contributed by atoms with Gasteiger partial charge in [0, 0.05) is 31.6 Å². The highest BCUT2D eigenvalue weighted by Gasteiger charge is 2.05. The number of anilines is 1. The third kappa shape index (κ3) is 2.59. The third-order valence-electron chi connectivity index (χ3n) is 3.19. The van der Waals surface area contributed by atoms with Crippen LogP contribution in [-0.4, -0.2) is 33.3 Å². The first-order valence-electron chi connectivity index (χ1n) is 6.32. The molecule has 0 radical (unpaired) electrons. The standard InChI is InChI=1S/C14H14FN5/c1-19(6-7-20-9-16-17-10-20)14-5-3-11-2-4-12(15)8-13(11)18-14/h2-5,8-10H,6-7H2,1H3. The van der Waals surface area contributed by atoms with Crippen molar-refractivity contribution in [1.29, 1.82) is 0 Å². The molecule has 0 N–H and O–H groups in total. The summed E-state index contributed by atoms with van der Waals surface area (Å²) in [7, 11) is 1.96. The zero-order chi connectivity index (χ0) is 13.9. The lowest BCUT2D eigenvalue weighted by molar-refractivity contribution is 0.629. The van der Waals surface area contributed by atoms with E-state index in [4.69, 9.17) is 0 Å². The van der Waals surface area contributed by atoms with Gasteiger partial charge in [0.1, 0.15) is 24.3 Å². The summed E-state index contributed by atoms with van der Waals surface area (Å²) in [5, 5.41) is 8.45. The number of pyridine rings is 1. The van der Waals surface area contributed by atoms with Gasteiger partial charge in [0.2, 0.25) is 0 Å². The van der Waals surface area contributed by atoms with Crippen LogP contribution < -0.4 is 4.90 Å². The van der Waals surface area contributed by atoms with Gasteiger partial charge < -0.3 is 9.47 Å². The Hall–Kier alpha value is -2.50. The highest BCUT2D eigenvalue weighted by molar-refractivity contribution is 5.80. The van der Waals surface area contributed by atoms with E-state index in [1.54, 1.807) is 18.7 Å². The van der Waals surface area contributed by atoms with Crippen molar-refractivity contribution < 1.29 is 4.39 Å². The zero-order valence-electron chi connectivity index (χ0n) is 11.1. The topological polar surface area (TPSA) is 46.8 Å². The van der Waals surface area contributed by atoms with Gasteiger partial charge in [-0.25, -0.2) is 9.37 Å². The van der Waals surface area contributed by atoms with E-state index in [0.717, 1.165) is 24.3 Å². The van der Waals surface area contributed by atoms with Crippen molar-refractivity contribution >= 4 is 16.7 Å². The Morgan fingerprint density at radius 3 is 2.70 bits per heavy atom. The first-order valence-corrected chi connectivity index (χ1v) is 6.32. The number of likely N-dealkylation sites (N-methyl/N-ethyl adjacent to an activating group) is 1. The first-order chi connectivity index (χ1) is 9.72. The quantitative estimate of drug-likeness (QED) is 0.729. The van der Waals surface area contributed by atoms with E-state index in [1.165, 1.54) is 12.1 Å². The molecular weight excluding hydrogens is 257 g/mol. The van der Waals surface area contributed by atoms with Gasteiger partial charge in [0.15, 0.2) is 0 Å². The second kappa shape index (κ2) is 5.24. The molecule has 0 amide bonds. The van der Waals surface area contributed by atoms with E-state index in [0.29, 0.717) is 5.52 Å². The van der Waals surface area contributed by atoms with E-state index in [2.05, 4.69) is 15.2 Å². The molecule has 0 saturated carbocycles. The highest BCUT2D eigenvalue weighted by Crippen LogP contribution is 2.18. The van der Waals surface area contributed by atoms with Crippen molar-refractivity contribution in [3.8, 4) is 0 Å². The lowest BCUT2D eigenvalue weighted by Crippen LogP contribution is -2.23. The lowest BCUT2D eigenvalue weighted by atomic mass is 10.2. The van der Waals surface area contributed by atoms with Crippen molar-refractivity contribution in [2.24, 2.45) is 0 Å². The molecule has 0 spiro atoms. The van der Waals surface area contributed by atoms with Crippen LogP contribution in [0.15, 0.2) is 43.0 Å². The Morgan fingerprint density at radius 2 is 1.90 bits per heavy atom. The van der Waals surface area contributed by atoms with Crippen molar-refractivity contribution in [1.82, 2.24) is 19.7 Å². The third-order valence-corrected chi connectivity index (χ3v) is 3.19. The van der Waals surface area contributed by atoms with Gasteiger partial charge in [0.05, 0.1) is 5.52 Å². The van der Waals surface area contributed by atoms with Crippen LogP contribution in [0.2, 0.25) is 0 Å². The fourth-order valence-electron chi connectivity index (χ4n) is 2.01. The molecule has 102 valence electrons. The molecule has 5 nitrogen and oxygen atoms in total. The van der Waals surface area contributed by atoms with E-state index in [9.17, 15) is 4.39 Å². The van der Waals surface area contributed by atoms with Crippen LogP contribution in [-0.2, 0) is 6.54 Å². The van der Waals surface area contributed by atoms with E-state index in [-0.39, 0.29) is 5.82 Å². The number of hydrogen-bond donors (Lipinski definition) is 0. The number of hydrogen-bond acceptors (Lipinski definition) is 4. The molecule has 0 atom stereocenters. The lowest BCUT2D eigenvalue weighted by Gasteiger charge is -2.18. The zero-order valence-corrected chi connectivity index (χ0v) is 11.1. The predicted molar refractivity (Wildman–Crippen MR) is 75.0 cm³/mol. The van der Waals surface area contributed by atoms with Gasteiger partial charge in [0.25, 0.3) is 0 Å². The van der Waals surface area contributed by atoms with E-state index < -0.39 is 0 Å². The van der Waals surface area contributed by atoms with Crippen LogP contribution in [0.1, 0.15) is 0 Å². The summed E-state index contributed by atoms with van der Waals surface area (Å²) >= 11 is 0. The maximum atomic E-state index is 13.2. The molecule has 20 heavy (non-hydrogen) atoms. The maximum absolute atomic E-state index is 13.2. The normalized spacial score (nSPS) is 10.9. The highest BCUT2D eigenvalue weighted by atomic mass is 19.1. The van der Waals surface area contributed by atoms with Crippen LogP contribution in [0.4, 0.5) is 10.2 Å². The van der Waals surface area contributed by atoms with Gasteiger partial charge in [-0.3, -0.25) is 0 Å². The molecule has 1 aromatic carbocycles. The minimum atomic E-state index is -0.269. The van der Waals surface area contributed by atoms with Crippen LogP contribution in [0, 0.1) is 5.82 Å². The Kier molecular flexibility index (Phi) is 3.28. The molecule has 2 heterocycles. The maximum Gasteiger partial charge on any atom is 0.129 e.